The van der Waals surface area contributed by atoms with Gasteiger partial charge in [0.25, 0.3) is 6.43 Å². The molecular formula is C22H22F4N6O2. The largest absolute Gasteiger partial charge is 0.465 e. The summed E-state index contributed by atoms with van der Waals surface area (Å²) < 4.78 is 55.2. The molecule has 180 valence electrons. The summed E-state index contributed by atoms with van der Waals surface area (Å²) in [6.07, 6.45) is -4.18. The van der Waals surface area contributed by atoms with Crippen molar-refractivity contribution in [3.05, 3.63) is 53.2 Å². The Morgan fingerprint density at radius 1 is 1.24 bits per heavy atom. The Hall–Kier alpha value is -3.70. The van der Waals surface area contributed by atoms with Crippen LogP contribution in [0.1, 0.15) is 36.3 Å². The zero-order valence-electron chi connectivity index (χ0n) is 18.3. The number of benzene rings is 1. The van der Waals surface area contributed by atoms with E-state index in [4.69, 9.17) is 5.11 Å². The van der Waals surface area contributed by atoms with Gasteiger partial charge >= 0.3 is 6.09 Å². The van der Waals surface area contributed by atoms with Crippen LogP contribution in [0.3, 0.4) is 0 Å². The van der Waals surface area contributed by atoms with Crippen molar-refractivity contribution in [2.45, 2.75) is 38.5 Å². The van der Waals surface area contributed by atoms with E-state index in [0.717, 1.165) is 6.07 Å². The van der Waals surface area contributed by atoms with Crippen molar-refractivity contribution < 1.29 is 27.5 Å². The van der Waals surface area contributed by atoms with E-state index in [1.165, 1.54) is 18.3 Å². The maximum absolute atomic E-state index is 14.6. The number of hydrogen-bond acceptors (Lipinski definition) is 6. The fourth-order valence-electron chi connectivity index (χ4n) is 4.02. The minimum atomic E-state index is -2.94. The molecule has 3 aromatic rings. The Morgan fingerprint density at radius 2 is 1.97 bits per heavy atom. The van der Waals surface area contributed by atoms with Crippen LogP contribution in [0.4, 0.5) is 34.0 Å². The summed E-state index contributed by atoms with van der Waals surface area (Å²) in [6.45, 7) is 3.32. The number of amides is 1. The third-order valence-corrected chi connectivity index (χ3v) is 5.67. The average molecular weight is 478 g/mol. The first-order chi connectivity index (χ1) is 16.1. The second-order valence-corrected chi connectivity index (χ2v) is 8.07. The average Bonchev–Trinajstić information content (AvgIpc) is 3.12. The Kier molecular flexibility index (Phi) is 6.40. The van der Waals surface area contributed by atoms with Gasteiger partial charge in [-0.1, -0.05) is 18.2 Å². The number of nitrogens with zero attached hydrogens (tertiary/aromatic N) is 4. The molecule has 1 amide bonds. The van der Waals surface area contributed by atoms with Gasteiger partial charge in [-0.15, -0.1) is 0 Å². The number of carboxylic acid groups (broad SMARTS) is 1. The number of rotatable bonds is 6. The molecule has 1 aliphatic rings. The van der Waals surface area contributed by atoms with Gasteiger partial charge in [-0.25, -0.2) is 37.3 Å². The second-order valence-electron chi connectivity index (χ2n) is 8.07. The topological polar surface area (TPSA) is 103 Å². The smallest absolute Gasteiger partial charge is 0.405 e. The molecule has 2 aromatic heterocycles. The Balaban J connectivity index is 1.66. The van der Waals surface area contributed by atoms with Crippen molar-refractivity contribution in [1.82, 2.24) is 20.3 Å². The summed E-state index contributed by atoms with van der Waals surface area (Å²) in [7, 11) is 0. The highest BCUT2D eigenvalue weighted by Crippen LogP contribution is 2.31. The third-order valence-electron chi connectivity index (χ3n) is 5.67. The van der Waals surface area contributed by atoms with Gasteiger partial charge in [-0.2, -0.15) is 0 Å². The molecule has 1 fully saturated rings. The standard InChI is InChI=1S/C22H22F4N6O2/c1-10(12-4-3-5-13(19(12)24)20(25)26)28-21-14-6-18(27-7-16(14)29-11(2)30-21)32-8-15(23)17(9-32)31-22(33)34/h3-7,10,15,17,20,31H,8-9H2,1-2H3,(H,33,34)(H,28,29,30)/t10-,15?,17?/m1/s1. The summed E-state index contributed by atoms with van der Waals surface area (Å²) in [6, 6.07) is 3.85. The SMILES string of the molecule is Cc1nc(N[C@H](C)c2cccc(C(F)F)c2F)c2cc(N3CC(F)C(NC(=O)O)C3)ncc2n1. The van der Waals surface area contributed by atoms with Crippen LogP contribution in [0.2, 0.25) is 0 Å². The monoisotopic (exact) mass is 478 g/mol. The van der Waals surface area contributed by atoms with Crippen LogP contribution in [-0.2, 0) is 0 Å². The van der Waals surface area contributed by atoms with Crippen LogP contribution in [0.25, 0.3) is 10.9 Å². The van der Waals surface area contributed by atoms with Crippen LogP contribution < -0.4 is 15.5 Å². The Bertz CT molecular complexity index is 1230. The molecule has 3 atom stereocenters. The zero-order valence-corrected chi connectivity index (χ0v) is 18.3. The lowest BCUT2D eigenvalue weighted by molar-refractivity contribution is 0.146. The molecule has 0 bridgehead atoms. The molecule has 4 rings (SSSR count). The fourth-order valence-corrected chi connectivity index (χ4v) is 4.02. The van der Waals surface area contributed by atoms with Crippen molar-refractivity contribution in [3.63, 3.8) is 0 Å². The van der Waals surface area contributed by atoms with E-state index >= 15 is 0 Å². The molecule has 0 spiro atoms. The van der Waals surface area contributed by atoms with Crippen LogP contribution >= 0.6 is 0 Å². The molecule has 1 aliphatic heterocycles. The lowest BCUT2D eigenvalue weighted by Gasteiger charge is -2.20. The summed E-state index contributed by atoms with van der Waals surface area (Å²) in [5.41, 5.74) is -0.149. The first kappa shape index (κ1) is 23.5. The molecule has 3 N–H and O–H groups in total. The first-order valence-corrected chi connectivity index (χ1v) is 10.5. The number of aromatic nitrogens is 3. The van der Waals surface area contributed by atoms with Gasteiger partial charge in [0.2, 0.25) is 0 Å². The van der Waals surface area contributed by atoms with Crippen LogP contribution in [0.5, 0.6) is 0 Å². The number of pyridine rings is 1. The van der Waals surface area contributed by atoms with Crippen molar-refractivity contribution in [1.29, 1.82) is 0 Å². The molecule has 3 heterocycles. The Labute approximate surface area is 192 Å². The minimum Gasteiger partial charge on any atom is -0.465 e. The maximum Gasteiger partial charge on any atom is 0.405 e. The normalized spacial score (nSPS) is 19.0. The molecule has 2 unspecified atom stereocenters. The predicted octanol–water partition coefficient (Wildman–Crippen LogP) is 4.38. The van der Waals surface area contributed by atoms with Crippen molar-refractivity contribution in [2.75, 3.05) is 23.3 Å². The quantitative estimate of drug-likeness (QED) is 0.452. The van der Waals surface area contributed by atoms with Gasteiger partial charge in [0, 0.05) is 17.5 Å². The van der Waals surface area contributed by atoms with Crippen molar-refractivity contribution in [3.8, 4) is 0 Å². The van der Waals surface area contributed by atoms with Crippen molar-refractivity contribution >= 4 is 28.6 Å². The maximum atomic E-state index is 14.6. The molecular weight excluding hydrogens is 456 g/mol. The van der Waals surface area contributed by atoms with E-state index < -0.39 is 42.2 Å². The van der Waals surface area contributed by atoms with Gasteiger partial charge in [0.1, 0.15) is 29.4 Å². The number of nitrogens with one attached hydrogen (secondary N) is 2. The first-order valence-electron chi connectivity index (χ1n) is 10.5. The second kappa shape index (κ2) is 9.27. The molecule has 0 saturated carbocycles. The van der Waals surface area contributed by atoms with E-state index in [0.29, 0.717) is 28.4 Å². The van der Waals surface area contributed by atoms with E-state index in [-0.39, 0.29) is 18.7 Å². The predicted molar refractivity (Wildman–Crippen MR) is 118 cm³/mol. The zero-order chi connectivity index (χ0) is 24.6. The molecule has 8 nitrogen and oxygen atoms in total. The Morgan fingerprint density at radius 3 is 2.68 bits per heavy atom. The van der Waals surface area contributed by atoms with E-state index in [2.05, 4.69) is 25.6 Å². The summed E-state index contributed by atoms with van der Waals surface area (Å²) in [5, 5.41) is 14.6. The third kappa shape index (κ3) is 4.66. The van der Waals surface area contributed by atoms with E-state index in [9.17, 15) is 22.4 Å². The highest BCUT2D eigenvalue weighted by atomic mass is 19.3. The van der Waals surface area contributed by atoms with Gasteiger partial charge in [-0.05, 0) is 19.9 Å². The number of halogens is 4. The number of alkyl halides is 3. The number of carbonyl (C=O) groups is 1. The highest BCUT2D eigenvalue weighted by Gasteiger charge is 2.35. The van der Waals surface area contributed by atoms with Crippen LogP contribution in [0, 0.1) is 12.7 Å². The molecule has 0 aliphatic carbocycles. The number of anilines is 2. The highest BCUT2D eigenvalue weighted by molar-refractivity contribution is 5.90. The van der Waals surface area contributed by atoms with Gasteiger partial charge in [0.05, 0.1) is 35.9 Å². The fraction of sp³-hybridized carbons (Fsp3) is 0.364. The number of hydrogen-bond donors (Lipinski definition) is 3. The summed E-state index contributed by atoms with van der Waals surface area (Å²) >= 11 is 0. The number of fused-ring (bicyclic) bond motifs is 1. The molecule has 34 heavy (non-hydrogen) atoms. The molecule has 1 saturated heterocycles. The van der Waals surface area contributed by atoms with Crippen molar-refractivity contribution in [2.24, 2.45) is 0 Å². The van der Waals surface area contributed by atoms with E-state index in [1.807, 2.05) is 0 Å². The minimum absolute atomic E-state index is 0.0545. The molecule has 0 radical (unpaired) electrons. The lowest BCUT2D eigenvalue weighted by atomic mass is 10.0. The number of aryl methyl sites for hydroxylation is 1. The van der Waals surface area contributed by atoms with Gasteiger partial charge < -0.3 is 20.6 Å². The summed E-state index contributed by atoms with van der Waals surface area (Å²) in [4.78, 5) is 25.5. The molecule has 1 aromatic carbocycles. The lowest BCUT2D eigenvalue weighted by Crippen LogP contribution is -2.40. The van der Waals surface area contributed by atoms with Gasteiger partial charge in [-0.3, -0.25) is 0 Å². The molecule has 12 heteroatoms. The summed E-state index contributed by atoms with van der Waals surface area (Å²) in [5.74, 6) is 0.141. The van der Waals surface area contributed by atoms with Crippen LogP contribution in [0.15, 0.2) is 30.5 Å². The van der Waals surface area contributed by atoms with Crippen LogP contribution in [-0.4, -0.2) is 51.5 Å². The van der Waals surface area contributed by atoms with Gasteiger partial charge in [0.15, 0.2) is 0 Å². The van der Waals surface area contributed by atoms with E-state index in [1.54, 1.807) is 24.8 Å².